The Balaban J connectivity index is 4.32. The maximum absolute atomic E-state index is 12.0. The second kappa shape index (κ2) is 6.39. The SMILES string of the molecule is CC(C)N(CCN(C)C(=O)C(C)(C)C)C(C)C. The van der Waals surface area contributed by atoms with Crippen molar-refractivity contribution in [3.05, 3.63) is 0 Å². The molecule has 3 heteroatoms. The molecule has 0 rings (SSSR count). The van der Waals surface area contributed by atoms with Crippen LogP contribution < -0.4 is 0 Å². The van der Waals surface area contributed by atoms with Gasteiger partial charge in [0.25, 0.3) is 0 Å². The zero-order valence-corrected chi connectivity index (χ0v) is 12.9. The molecule has 0 aliphatic carbocycles. The molecule has 3 nitrogen and oxygen atoms in total. The molecule has 0 saturated carbocycles. The molecular weight excluding hydrogens is 212 g/mol. The third-order valence-corrected chi connectivity index (χ3v) is 3.01. The summed E-state index contributed by atoms with van der Waals surface area (Å²) < 4.78 is 0. The van der Waals surface area contributed by atoms with Crippen LogP contribution in [0.4, 0.5) is 0 Å². The van der Waals surface area contributed by atoms with Gasteiger partial charge in [0.15, 0.2) is 0 Å². The van der Waals surface area contributed by atoms with Crippen molar-refractivity contribution in [2.45, 2.75) is 60.5 Å². The fourth-order valence-corrected chi connectivity index (χ4v) is 2.05. The van der Waals surface area contributed by atoms with Crippen LogP contribution in [0.3, 0.4) is 0 Å². The number of likely N-dealkylation sites (N-methyl/N-ethyl adjacent to an activating group) is 1. The Morgan fingerprint density at radius 3 is 1.71 bits per heavy atom. The van der Waals surface area contributed by atoms with Crippen molar-refractivity contribution in [1.82, 2.24) is 9.80 Å². The van der Waals surface area contributed by atoms with E-state index in [9.17, 15) is 4.79 Å². The van der Waals surface area contributed by atoms with E-state index in [0.717, 1.165) is 13.1 Å². The summed E-state index contributed by atoms with van der Waals surface area (Å²) in [6, 6.07) is 1.04. The summed E-state index contributed by atoms with van der Waals surface area (Å²) in [7, 11) is 1.90. The van der Waals surface area contributed by atoms with Gasteiger partial charge in [-0.2, -0.15) is 0 Å². The van der Waals surface area contributed by atoms with E-state index in [1.54, 1.807) is 0 Å². The molecule has 102 valence electrons. The molecule has 0 aromatic heterocycles. The lowest BCUT2D eigenvalue weighted by molar-refractivity contribution is -0.138. The van der Waals surface area contributed by atoms with Crippen molar-refractivity contribution in [3.63, 3.8) is 0 Å². The van der Waals surface area contributed by atoms with E-state index in [-0.39, 0.29) is 11.3 Å². The molecule has 0 saturated heterocycles. The number of nitrogens with zero attached hydrogens (tertiary/aromatic N) is 2. The fourth-order valence-electron chi connectivity index (χ4n) is 2.05. The minimum Gasteiger partial charge on any atom is -0.344 e. The van der Waals surface area contributed by atoms with E-state index in [2.05, 4.69) is 32.6 Å². The Hall–Kier alpha value is -0.570. The van der Waals surface area contributed by atoms with Crippen molar-refractivity contribution < 1.29 is 4.79 Å². The van der Waals surface area contributed by atoms with Gasteiger partial charge in [-0.1, -0.05) is 20.8 Å². The average molecular weight is 242 g/mol. The first kappa shape index (κ1) is 16.4. The van der Waals surface area contributed by atoms with Crippen molar-refractivity contribution >= 4 is 5.91 Å². The number of rotatable bonds is 5. The van der Waals surface area contributed by atoms with Crippen LogP contribution >= 0.6 is 0 Å². The third-order valence-electron chi connectivity index (χ3n) is 3.01. The number of hydrogen-bond donors (Lipinski definition) is 0. The van der Waals surface area contributed by atoms with E-state index >= 15 is 0 Å². The highest BCUT2D eigenvalue weighted by Gasteiger charge is 2.25. The van der Waals surface area contributed by atoms with Crippen LogP contribution in [0.5, 0.6) is 0 Å². The minimum atomic E-state index is -0.282. The summed E-state index contributed by atoms with van der Waals surface area (Å²) in [6.45, 7) is 16.4. The normalized spacial score (nSPS) is 12.6. The minimum absolute atomic E-state index is 0.213. The first-order valence-electron chi connectivity index (χ1n) is 6.58. The molecule has 0 radical (unpaired) electrons. The van der Waals surface area contributed by atoms with Crippen molar-refractivity contribution in [2.24, 2.45) is 5.41 Å². The predicted octanol–water partition coefficient (Wildman–Crippen LogP) is 2.61. The smallest absolute Gasteiger partial charge is 0.227 e. The lowest BCUT2D eigenvalue weighted by Gasteiger charge is -2.33. The predicted molar refractivity (Wildman–Crippen MR) is 74.1 cm³/mol. The lowest BCUT2D eigenvalue weighted by Crippen LogP contribution is -2.45. The molecule has 0 heterocycles. The summed E-state index contributed by atoms with van der Waals surface area (Å²) in [5, 5.41) is 0. The van der Waals surface area contributed by atoms with Crippen LogP contribution in [0.15, 0.2) is 0 Å². The molecule has 0 aliphatic heterocycles. The topological polar surface area (TPSA) is 23.6 Å². The van der Waals surface area contributed by atoms with E-state index in [0.29, 0.717) is 12.1 Å². The quantitative estimate of drug-likeness (QED) is 0.740. The van der Waals surface area contributed by atoms with Gasteiger partial charge in [0.1, 0.15) is 0 Å². The summed E-state index contributed by atoms with van der Waals surface area (Å²) in [4.78, 5) is 16.3. The lowest BCUT2D eigenvalue weighted by atomic mass is 9.95. The Bertz CT molecular complexity index is 233. The largest absolute Gasteiger partial charge is 0.344 e. The third kappa shape index (κ3) is 5.53. The second-order valence-corrected chi connectivity index (χ2v) is 6.40. The van der Waals surface area contributed by atoms with Gasteiger partial charge in [-0.25, -0.2) is 0 Å². The summed E-state index contributed by atoms with van der Waals surface area (Å²) in [5.41, 5.74) is -0.282. The highest BCUT2D eigenvalue weighted by Crippen LogP contribution is 2.16. The van der Waals surface area contributed by atoms with Gasteiger partial charge in [-0.15, -0.1) is 0 Å². The monoisotopic (exact) mass is 242 g/mol. The zero-order chi connectivity index (χ0) is 13.8. The van der Waals surface area contributed by atoms with Crippen LogP contribution in [0.2, 0.25) is 0 Å². The number of amides is 1. The van der Waals surface area contributed by atoms with Gasteiger partial charge in [-0.05, 0) is 27.7 Å². The Morgan fingerprint density at radius 2 is 1.41 bits per heavy atom. The van der Waals surface area contributed by atoms with Gasteiger partial charge in [0.05, 0.1) is 0 Å². The molecule has 0 fully saturated rings. The molecular formula is C14H30N2O. The standard InChI is InChI=1S/C14H30N2O/c1-11(2)16(12(3)4)10-9-15(8)13(17)14(5,6)7/h11-12H,9-10H2,1-8H3. The molecule has 0 N–H and O–H groups in total. The van der Waals surface area contributed by atoms with Crippen LogP contribution in [-0.4, -0.2) is 47.9 Å². The van der Waals surface area contributed by atoms with Gasteiger partial charge < -0.3 is 4.90 Å². The fraction of sp³-hybridized carbons (Fsp3) is 0.929. The molecule has 1 amide bonds. The first-order chi connectivity index (χ1) is 7.57. The number of hydrogen-bond acceptors (Lipinski definition) is 2. The Labute approximate surface area is 107 Å². The van der Waals surface area contributed by atoms with Crippen molar-refractivity contribution in [2.75, 3.05) is 20.1 Å². The summed E-state index contributed by atoms with van der Waals surface area (Å²) in [6.07, 6.45) is 0. The van der Waals surface area contributed by atoms with E-state index in [4.69, 9.17) is 0 Å². The maximum Gasteiger partial charge on any atom is 0.227 e. The highest BCUT2D eigenvalue weighted by molar-refractivity contribution is 5.81. The van der Waals surface area contributed by atoms with Gasteiger partial charge in [-0.3, -0.25) is 9.69 Å². The van der Waals surface area contributed by atoms with Crippen LogP contribution in [0.25, 0.3) is 0 Å². The highest BCUT2D eigenvalue weighted by atomic mass is 16.2. The van der Waals surface area contributed by atoms with E-state index < -0.39 is 0 Å². The van der Waals surface area contributed by atoms with E-state index in [1.807, 2.05) is 32.7 Å². The summed E-state index contributed by atoms with van der Waals surface area (Å²) in [5.74, 6) is 0.213. The molecule has 0 atom stereocenters. The first-order valence-corrected chi connectivity index (χ1v) is 6.58. The molecule has 0 aromatic carbocycles. The van der Waals surface area contributed by atoms with E-state index in [1.165, 1.54) is 0 Å². The van der Waals surface area contributed by atoms with Crippen LogP contribution in [0.1, 0.15) is 48.5 Å². The number of carbonyl (C=O) groups excluding carboxylic acids is 1. The molecule has 0 unspecified atom stereocenters. The Morgan fingerprint density at radius 1 is 1.00 bits per heavy atom. The Kier molecular flexibility index (Phi) is 6.17. The average Bonchev–Trinajstić information content (AvgIpc) is 2.13. The molecule has 0 aliphatic rings. The molecule has 0 aromatic rings. The van der Waals surface area contributed by atoms with Gasteiger partial charge >= 0.3 is 0 Å². The van der Waals surface area contributed by atoms with Gasteiger partial charge in [0.2, 0.25) is 5.91 Å². The van der Waals surface area contributed by atoms with Crippen molar-refractivity contribution in [3.8, 4) is 0 Å². The van der Waals surface area contributed by atoms with Gasteiger partial charge in [0, 0.05) is 37.6 Å². The van der Waals surface area contributed by atoms with Crippen molar-refractivity contribution in [1.29, 1.82) is 0 Å². The van der Waals surface area contributed by atoms with Crippen LogP contribution in [0, 0.1) is 5.41 Å². The zero-order valence-electron chi connectivity index (χ0n) is 12.9. The number of carbonyl (C=O) groups is 1. The van der Waals surface area contributed by atoms with Crippen LogP contribution in [-0.2, 0) is 4.79 Å². The maximum atomic E-state index is 12.0. The molecule has 0 bridgehead atoms. The summed E-state index contributed by atoms with van der Waals surface area (Å²) >= 11 is 0. The molecule has 0 spiro atoms. The second-order valence-electron chi connectivity index (χ2n) is 6.40. The molecule has 17 heavy (non-hydrogen) atoms.